The molecular formula is C16H24N4O3. The fourth-order valence-electron chi connectivity index (χ4n) is 2.91. The fourth-order valence-corrected chi connectivity index (χ4v) is 2.91. The number of nitrogens with zero attached hydrogens (tertiary/aromatic N) is 2. The monoisotopic (exact) mass is 320 g/mol. The number of amides is 1. The first-order chi connectivity index (χ1) is 11.1. The van der Waals surface area contributed by atoms with Crippen LogP contribution in [0.15, 0.2) is 24.3 Å². The average Bonchev–Trinajstić information content (AvgIpc) is 2.54. The summed E-state index contributed by atoms with van der Waals surface area (Å²) in [5.74, 6) is 0.518. The van der Waals surface area contributed by atoms with E-state index in [0.717, 1.165) is 38.4 Å². The van der Waals surface area contributed by atoms with Crippen LogP contribution in [0.5, 0.6) is 0 Å². The Hall–Kier alpha value is -1.99. The maximum Gasteiger partial charge on any atom is 0.292 e. The zero-order chi connectivity index (χ0) is 16.7. The van der Waals surface area contributed by atoms with E-state index < -0.39 is 4.92 Å². The molecule has 0 atom stereocenters. The maximum atomic E-state index is 12.1. The number of hydrogen-bond donors (Lipinski definition) is 2. The van der Waals surface area contributed by atoms with Crippen molar-refractivity contribution in [2.45, 2.75) is 19.3 Å². The van der Waals surface area contributed by atoms with Crippen molar-refractivity contribution in [3.05, 3.63) is 34.4 Å². The number of likely N-dealkylation sites (tertiary alicyclic amines) is 1. The molecule has 1 aliphatic rings. The van der Waals surface area contributed by atoms with Crippen LogP contribution >= 0.6 is 0 Å². The van der Waals surface area contributed by atoms with Gasteiger partial charge in [0.25, 0.3) is 5.69 Å². The van der Waals surface area contributed by atoms with Crippen LogP contribution in [0.4, 0.5) is 11.4 Å². The lowest BCUT2D eigenvalue weighted by molar-refractivity contribution is -0.383. The second-order valence-corrected chi connectivity index (χ2v) is 5.93. The predicted molar refractivity (Wildman–Crippen MR) is 89.4 cm³/mol. The summed E-state index contributed by atoms with van der Waals surface area (Å²) in [6.07, 6.45) is 3.37. The molecule has 7 nitrogen and oxygen atoms in total. The van der Waals surface area contributed by atoms with Gasteiger partial charge in [-0.1, -0.05) is 12.1 Å². The topological polar surface area (TPSA) is 87.5 Å². The van der Waals surface area contributed by atoms with Crippen LogP contribution in [0, 0.1) is 16.0 Å². The van der Waals surface area contributed by atoms with Gasteiger partial charge >= 0.3 is 0 Å². The lowest BCUT2D eigenvalue weighted by atomic mass is 9.93. The average molecular weight is 320 g/mol. The number of para-hydroxylation sites is 2. The summed E-state index contributed by atoms with van der Waals surface area (Å²) in [6.45, 7) is 3.12. The Morgan fingerprint density at radius 1 is 1.35 bits per heavy atom. The van der Waals surface area contributed by atoms with Gasteiger partial charge in [-0.3, -0.25) is 19.8 Å². The van der Waals surface area contributed by atoms with Crippen LogP contribution in [0.1, 0.15) is 19.3 Å². The minimum Gasteiger partial charge on any atom is -0.320 e. The van der Waals surface area contributed by atoms with Gasteiger partial charge in [0.1, 0.15) is 5.69 Å². The molecule has 0 saturated carbocycles. The van der Waals surface area contributed by atoms with Crippen LogP contribution in [0.25, 0.3) is 0 Å². The molecule has 7 heteroatoms. The third-order valence-corrected chi connectivity index (χ3v) is 4.25. The summed E-state index contributed by atoms with van der Waals surface area (Å²) in [7, 11) is 1.96. The maximum absolute atomic E-state index is 12.1. The number of benzene rings is 1. The van der Waals surface area contributed by atoms with Gasteiger partial charge in [-0.15, -0.1) is 0 Å². The van der Waals surface area contributed by atoms with Crippen molar-refractivity contribution >= 4 is 17.3 Å². The normalized spacial score (nSPS) is 16.2. The summed E-state index contributed by atoms with van der Waals surface area (Å²) < 4.78 is 0. The summed E-state index contributed by atoms with van der Waals surface area (Å²) in [4.78, 5) is 24.7. The smallest absolute Gasteiger partial charge is 0.292 e. The Bertz CT molecular complexity index is 542. The largest absolute Gasteiger partial charge is 0.320 e. The van der Waals surface area contributed by atoms with Crippen molar-refractivity contribution in [1.29, 1.82) is 0 Å². The lowest BCUT2D eigenvalue weighted by Gasteiger charge is -2.31. The first-order valence-electron chi connectivity index (χ1n) is 8.00. The number of hydrogen-bond acceptors (Lipinski definition) is 5. The summed E-state index contributed by atoms with van der Waals surface area (Å²) >= 11 is 0. The zero-order valence-corrected chi connectivity index (χ0v) is 13.5. The van der Waals surface area contributed by atoms with E-state index in [2.05, 4.69) is 15.5 Å². The van der Waals surface area contributed by atoms with Gasteiger partial charge in [0.05, 0.1) is 11.5 Å². The molecule has 1 aromatic carbocycles. The first-order valence-corrected chi connectivity index (χ1v) is 8.00. The van der Waals surface area contributed by atoms with E-state index in [1.54, 1.807) is 18.2 Å². The highest BCUT2D eigenvalue weighted by Crippen LogP contribution is 2.23. The summed E-state index contributed by atoms with van der Waals surface area (Å²) in [5.41, 5.74) is 0.179. The van der Waals surface area contributed by atoms with E-state index in [0.29, 0.717) is 0 Å². The fraction of sp³-hybridized carbons (Fsp3) is 0.562. The zero-order valence-electron chi connectivity index (χ0n) is 13.5. The molecule has 0 radical (unpaired) electrons. The highest BCUT2D eigenvalue weighted by Gasteiger charge is 2.21. The molecule has 1 aromatic rings. The van der Waals surface area contributed by atoms with Crippen molar-refractivity contribution in [1.82, 2.24) is 10.2 Å². The van der Waals surface area contributed by atoms with E-state index in [1.807, 2.05) is 7.05 Å². The van der Waals surface area contributed by atoms with E-state index >= 15 is 0 Å². The Morgan fingerprint density at radius 2 is 2.04 bits per heavy atom. The Labute approximate surface area is 136 Å². The Kier molecular flexibility index (Phi) is 6.49. The van der Waals surface area contributed by atoms with Crippen LogP contribution < -0.4 is 10.6 Å². The molecular weight excluding hydrogens is 296 g/mol. The predicted octanol–water partition coefficient (Wildman–Crippen LogP) is 1.85. The van der Waals surface area contributed by atoms with Gasteiger partial charge < -0.3 is 10.6 Å². The van der Waals surface area contributed by atoms with Crippen LogP contribution in [0.3, 0.4) is 0 Å². The first kappa shape index (κ1) is 17.4. The van der Waals surface area contributed by atoms with E-state index in [4.69, 9.17) is 0 Å². The summed E-state index contributed by atoms with van der Waals surface area (Å²) in [6, 6.07) is 6.21. The number of piperidine rings is 1. The highest BCUT2D eigenvalue weighted by atomic mass is 16.6. The summed E-state index contributed by atoms with van der Waals surface area (Å²) in [5, 5.41) is 16.8. The van der Waals surface area contributed by atoms with Crippen LogP contribution in [-0.2, 0) is 4.79 Å². The lowest BCUT2D eigenvalue weighted by Crippen LogP contribution is -2.39. The van der Waals surface area contributed by atoms with Gasteiger partial charge in [0.15, 0.2) is 0 Å². The van der Waals surface area contributed by atoms with Gasteiger partial charge in [-0.2, -0.15) is 0 Å². The van der Waals surface area contributed by atoms with Crippen LogP contribution in [-0.4, -0.2) is 49.0 Å². The highest BCUT2D eigenvalue weighted by molar-refractivity contribution is 5.94. The Balaban J connectivity index is 1.81. The second kappa shape index (κ2) is 8.59. The van der Waals surface area contributed by atoms with Gasteiger partial charge in [-0.25, -0.2) is 0 Å². The molecule has 1 fully saturated rings. The van der Waals surface area contributed by atoms with Crippen molar-refractivity contribution in [3.63, 3.8) is 0 Å². The third kappa shape index (κ3) is 5.30. The quantitative estimate of drug-likeness (QED) is 0.591. The number of nitro groups is 1. The molecule has 1 heterocycles. The third-order valence-electron chi connectivity index (χ3n) is 4.25. The van der Waals surface area contributed by atoms with Crippen molar-refractivity contribution in [3.8, 4) is 0 Å². The number of anilines is 1. The molecule has 2 rings (SSSR count). The van der Waals surface area contributed by atoms with Gasteiger partial charge in [0, 0.05) is 6.07 Å². The second-order valence-electron chi connectivity index (χ2n) is 5.93. The SMILES string of the molecule is CNCCC1CCN(CC(=O)Nc2ccccc2[N+](=O)[O-])CC1. The van der Waals surface area contributed by atoms with E-state index in [9.17, 15) is 14.9 Å². The molecule has 0 bridgehead atoms. The van der Waals surface area contributed by atoms with Crippen molar-refractivity contribution in [2.24, 2.45) is 5.92 Å². The number of carbonyl (C=O) groups excluding carboxylic acids is 1. The molecule has 1 saturated heterocycles. The van der Waals surface area contributed by atoms with Gasteiger partial charge in [-0.05, 0) is 57.9 Å². The number of carbonyl (C=O) groups is 1. The molecule has 0 aromatic heterocycles. The standard InChI is InChI=1S/C16H24N4O3/c1-17-9-6-13-7-10-19(11-8-13)12-16(21)18-14-4-2-3-5-15(14)20(22)23/h2-5,13,17H,6-12H2,1H3,(H,18,21). The minimum absolute atomic E-state index is 0.0772. The molecule has 0 spiro atoms. The molecule has 0 aliphatic carbocycles. The van der Waals surface area contributed by atoms with Crippen molar-refractivity contribution in [2.75, 3.05) is 38.5 Å². The Morgan fingerprint density at radius 3 is 2.70 bits per heavy atom. The molecule has 2 N–H and O–H groups in total. The van der Waals surface area contributed by atoms with Crippen molar-refractivity contribution < 1.29 is 9.72 Å². The number of nitro benzene ring substituents is 1. The van der Waals surface area contributed by atoms with Crippen LogP contribution in [0.2, 0.25) is 0 Å². The molecule has 126 valence electrons. The minimum atomic E-state index is -0.483. The number of rotatable bonds is 7. The molecule has 23 heavy (non-hydrogen) atoms. The molecule has 1 aliphatic heterocycles. The number of nitrogens with one attached hydrogen (secondary N) is 2. The molecule has 1 amide bonds. The van der Waals surface area contributed by atoms with E-state index in [1.165, 1.54) is 12.5 Å². The van der Waals surface area contributed by atoms with Gasteiger partial charge in [0.2, 0.25) is 5.91 Å². The molecule has 0 unspecified atom stereocenters. The van der Waals surface area contributed by atoms with E-state index in [-0.39, 0.29) is 23.8 Å².